The molecule has 3 fully saturated rings. The van der Waals surface area contributed by atoms with Crippen molar-refractivity contribution in [2.45, 2.75) is 45.2 Å². The van der Waals surface area contributed by atoms with Crippen molar-refractivity contribution >= 4 is 17.8 Å². The van der Waals surface area contributed by atoms with Gasteiger partial charge in [0.15, 0.2) is 6.10 Å². The normalized spacial score (nSPS) is 41.7. The Morgan fingerprint density at radius 3 is 2.24 bits per heavy atom. The van der Waals surface area contributed by atoms with Crippen LogP contribution in [-0.2, 0) is 23.9 Å². The van der Waals surface area contributed by atoms with Crippen LogP contribution in [0.5, 0.6) is 0 Å². The second kappa shape index (κ2) is 4.27. The molecule has 3 aliphatic rings. The van der Waals surface area contributed by atoms with Gasteiger partial charge < -0.3 is 14.6 Å². The second-order valence-corrected chi connectivity index (χ2v) is 6.96. The van der Waals surface area contributed by atoms with Crippen molar-refractivity contribution in [3.05, 3.63) is 0 Å². The summed E-state index contributed by atoms with van der Waals surface area (Å²) in [7, 11) is 1.42. The fourth-order valence-electron chi connectivity index (χ4n) is 3.30. The van der Waals surface area contributed by atoms with E-state index < -0.39 is 47.6 Å². The van der Waals surface area contributed by atoms with Gasteiger partial charge in [-0.25, -0.2) is 0 Å². The van der Waals surface area contributed by atoms with E-state index in [0.717, 1.165) is 4.90 Å². The van der Waals surface area contributed by atoms with Crippen LogP contribution in [-0.4, -0.2) is 59.3 Å². The summed E-state index contributed by atoms with van der Waals surface area (Å²) < 4.78 is 10.9. The SMILES string of the molecule is CN1C(=O)C2C3OC(C(OC(=O)C(C)(C)C)C3O)C2C1=O. The van der Waals surface area contributed by atoms with E-state index in [-0.39, 0.29) is 11.8 Å². The number of imide groups is 1. The van der Waals surface area contributed by atoms with Gasteiger partial charge in [-0.1, -0.05) is 0 Å². The lowest BCUT2D eigenvalue weighted by atomic mass is 9.78. The third-order valence-corrected chi connectivity index (χ3v) is 4.49. The van der Waals surface area contributed by atoms with E-state index in [1.165, 1.54) is 7.05 Å². The van der Waals surface area contributed by atoms with Crippen molar-refractivity contribution in [2.75, 3.05) is 7.05 Å². The van der Waals surface area contributed by atoms with Crippen LogP contribution in [0.3, 0.4) is 0 Å². The zero-order chi connectivity index (χ0) is 15.7. The highest BCUT2D eigenvalue weighted by atomic mass is 16.6. The predicted octanol–water partition coefficient (Wildman–Crippen LogP) is -0.683. The molecule has 6 atom stereocenters. The lowest BCUT2D eigenvalue weighted by molar-refractivity contribution is -0.168. The van der Waals surface area contributed by atoms with Crippen LogP contribution in [0.25, 0.3) is 0 Å². The molecule has 3 aliphatic heterocycles. The average Bonchev–Trinajstić information content (AvgIpc) is 2.98. The Kier molecular flexibility index (Phi) is 2.94. The first-order chi connectivity index (χ1) is 9.64. The minimum atomic E-state index is -1.08. The van der Waals surface area contributed by atoms with Crippen molar-refractivity contribution in [2.24, 2.45) is 17.3 Å². The third-order valence-electron chi connectivity index (χ3n) is 4.49. The van der Waals surface area contributed by atoms with Gasteiger partial charge in [0.1, 0.15) is 18.3 Å². The molecule has 0 aromatic heterocycles. The number of fused-ring (bicyclic) bond motifs is 5. The van der Waals surface area contributed by atoms with Crippen molar-refractivity contribution in [1.29, 1.82) is 0 Å². The number of amides is 2. The topological polar surface area (TPSA) is 93.1 Å². The lowest BCUT2D eigenvalue weighted by Crippen LogP contribution is -2.50. The summed E-state index contributed by atoms with van der Waals surface area (Å²) >= 11 is 0. The van der Waals surface area contributed by atoms with Crippen molar-refractivity contribution in [3.8, 4) is 0 Å². The number of hydrogen-bond donors (Lipinski definition) is 1. The smallest absolute Gasteiger partial charge is 0.311 e. The van der Waals surface area contributed by atoms with Crippen LogP contribution < -0.4 is 0 Å². The Hall–Kier alpha value is -1.47. The second-order valence-electron chi connectivity index (χ2n) is 6.96. The molecule has 1 N–H and O–H groups in total. The first kappa shape index (κ1) is 14.5. The molecule has 0 spiro atoms. The number of ether oxygens (including phenoxy) is 2. The maximum atomic E-state index is 12.1. The summed E-state index contributed by atoms with van der Waals surface area (Å²) in [6.45, 7) is 5.11. The summed E-state index contributed by atoms with van der Waals surface area (Å²) in [5, 5.41) is 10.2. The average molecular weight is 297 g/mol. The molecule has 0 saturated carbocycles. The fraction of sp³-hybridized carbons (Fsp3) is 0.786. The molecular formula is C14H19NO6. The Morgan fingerprint density at radius 2 is 1.71 bits per heavy atom. The molecular weight excluding hydrogens is 278 g/mol. The molecule has 0 radical (unpaired) electrons. The Balaban J connectivity index is 1.84. The standard InChI is InChI=1S/C14H19NO6/c1-14(2,3)13(19)21-10-7(16)8-5-6(9(10)20-8)12(18)15(4)11(5)17/h5-10,16H,1-4H3. The molecule has 7 nitrogen and oxygen atoms in total. The van der Waals surface area contributed by atoms with Gasteiger partial charge in [0.2, 0.25) is 11.8 Å². The minimum absolute atomic E-state index is 0.332. The molecule has 0 aromatic carbocycles. The number of aliphatic hydroxyl groups is 1. The monoisotopic (exact) mass is 297 g/mol. The molecule has 7 heteroatoms. The zero-order valence-electron chi connectivity index (χ0n) is 12.4. The maximum Gasteiger partial charge on any atom is 0.311 e. The number of carbonyl (C=O) groups is 3. The molecule has 2 amide bonds. The Morgan fingerprint density at radius 1 is 1.19 bits per heavy atom. The van der Waals surface area contributed by atoms with Crippen LogP contribution >= 0.6 is 0 Å². The van der Waals surface area contributed by atoms with E-state index in [9.17, 15) is 19.5 Å². The van der Waals surface area contributed by atoms with E-state index >= 15 is 0 Å². The third kappa shape index (κ3) is 1.83. The fourth-order valence-corrected chi connectivity index (χ4v) is 3.30. The number of rotatable bonds is 1. The number of aliphatic hydroxyl groups excluding tert-OH is 1. The Bertz CT molecular complexity index is 524. The quantitative estimate of drug-likeness (QED) is 0.509. The van der Waals surface area contributed by atoms with Gasteiger partial charge >= 0.3 is 5.97 Å². The van der Waals surface area contributed by atoms with Gasteiger partial charge in [-0.3, -0.25) is 19.3 Å². The molecule has 6 unspecified atom stereocenters. The van der Waals surface area contributed by atoms with E-state index in [4.69, 9.17) is 9.47 Å². The van der Waals surface area contributed by atoms with Gasteiger partial charge in [0, 0.05) is 7.05 Å². The van der Waals surface area contributed by atoms with Gasteiger partial charge in [-0.05, 0) is 20.8 Å². The molecule has 3 rings (SSSR count). The van der Waals surface area contributed by atoms with Crippen LogP contribution in [0.15, 0.2) is 0 Å². The van der Waals surface area contributed by atoms with Crippen LogP contribution in [0.2, 0.25) is 0 Å². The molecule has 0 aromatic rings. The molecule has 116 valence electrons. The summed E-state index contributed by atoms with van der Waals surface area (Å²) in [6.07, 6.45) is -3.50. The highest BCUT2D eigenvalue weighted by molar-refractivity contribution is 6.06. The zero-order valence-corrected chi connectivity index (χ0v) is 12.4. The number of likely N-dealkylation sites (tertiary alicyclic amines) is 1. The molecule has 3 saturated heterocycles. The van der Waals surface area contributed by atoms with E-state index in [1.807, 2.05) is 0 Å². The van der Waals surface area contributed by atoms with E-state index in [0.29, 0.717) is 0 Å². The molecule has 2 bridgehead atoms. The molecule has 0 aliphatic carbocycles. The predicted molar refractivity (Wildman–Crippen MR) is 68.8 cm³/mol. The molecule has 21 heavy (non-hydrogen) atoms. The van der Waals surface area contributed by atoms with Gasteiger partial charge in [0.05, 0.1) is 17.3 Å². The van der Waals surface area contributed by atoms with Crippen LogP contribution in [0.1, 0.15) is 20.8 Å². The first-order valence-electron chi connectivity index (χ1n) is 7.00. The number of nitrogens with zero attached hydrogens (tertiary/aromatic N) is 1. The number of esters is 1. The van der Waals surface area contributed by atoms with Crippen molar-refractivity contribution in [1.82, 2.24) is 4.90 Å². The van der Waals surface area contributed by atoms with Crippen LogP contribution in [0, 0.1) is 17.3 Å². The van der Waals surface area contributed by atoms with Gasteiger partial charge in [-0.2, -0.15) is 0 Å². The first-order valence-corrected chi connectivity index (χ1v) is 7.00. The summed E-state index contributed by atoms with van der Waals surface area (Å²) in [6, 6.07) is 0. The summed E-state index contributed by atoms with van der Waals surface area (Å²) in [5.41, 5.74) is -0.715. The van der Waals surface area contributed by atoms with Crippen LogP contribution in [0.4, 0.5) is 0 Å². The highest BCUT2D eigenvalue weighted by Gasteiger charge is 2.69. The maximum absolute atomic E-state index is 12.1. The van der Waals surface area contributed by atoms with E-state index in [2.05, 4.69) is 0 Å². The largest absolute Gasteiger partial charge is 0.456 e. The molecule has 3 heterocycles. The van der Waals surface area contributed by atoms with Crippen molar-refractivity contribution < 1.29 is 29.0 Å². The summed E-state index contributed by atoms with van der Waals surface area (Å²) in [4.78, 5) is 37.2. The van der Waals surface area contributed by atoms with Gasteiger partial charge in [0.25, 0.3) is 0 Å². The lowest BCUT2D eigenvalue weighted by Gasteiger charge is -2.31. The highest BCUT2D eigenvalue weighted by Crippen LogP contribution is 2.49. The van der Waals surface area contributed by atoms with Gasteiger partial charge in [-0.15, -0.1) is 0 Å². The number of carbonyl (C=O) groups excluding carboxylic acids is 3. The summed E-state index contributed by atoms with van der Waals surface area (Å²) in [5.74, 6) is -2.46. The minimum Gasteiger partial charge on any atom is -0.456 e. The number of hydrogen-bond acceptors (Lipinski definition) is 6. The Labute approximate surface area is 122 Å². The van der Waals surface area contributed by atoms with Crippen molar-refractivity contribution in [3.63, 3.8) is 0 Å². The van der Waals surface area contributed by atoms with E-state index in [1.54, 1.807) is 20.8 Å².